The molecule has 0 atom stereocenters. The summed E-state index contributed by atoms with van der Waals surface area (Å²) >= 11 is 9.71. The molecule has 0 fully saturated rings. The van der Waals surface area contributed by atoms with E-state index >= 15 is 0 Å². The molecule has 2 aromatic rings. The van der Waals surface area contributed by atoms with Crippen molar-refractivity contribution in [1.29, 1.82) is 0 Å². The van der Waals surface area contributed by atoms with Crippen molar-refractivity contribution in [3.8, 4) is 0 Å². The van der Waals surface area contributed by atoms with Crippen LogP contribution in [0, 0.1) is 0 Å². The van der Waals surface area contributed by atoms with Crippen molar-refractivity contribution in [2.75, 3.05) is 0 Å². The van der Waals surface area contributed by atoms with Gasteiger partial charge in [0.05, 0.1) is 6.20 Å². The highest BCUT2D eigenvalue weighted by Gasteiger charge is 1.97. The van der Waals surface area contributed by atoms with Crippen molar-refractivity contribution in [1.82, 2.24) is 14.6 Å². The van der Waals surface area contributed by atoms with E-state index in [1.54, 1.807) is 22.8 Å². The van der Waals surface area contributed by atoms with E-state index in [4.69, 9.17) is 11.6 Å². The highest BCUT2D eigenvalue weighted by atomic mass is 35.5. The summed E-state index contributed by atoms with van der Waals surface area (Å²) in [5.74, 6) is 0. The van der Waals surface area contributed by atoms with Crippen LogP contribution in [0.3, 0.4) is 0 Å². The van der Waals surface area contributed by atoms with Gasteiger partial charge >= 0.3 is 0 Å². The normalized spacial score (nSPS) is 10.7. The standard InChI is InChI=1S/C6H4ClN3S/c7-4-1-2-5-8-6(11)3-10(5)9-4/h1-3,11H. The molecular formula is C6H4ClN3S. The third-order valence-corrected chi connectivity index (χ3v) is 1.69. The Labute approximate surface area is 73.4 Å². The maximum atomic E-state index is 5.64. The van der Waals surface area contributed by atoms with E-state index < -0.39 is 0 Å². The zero-order valence-corrected chi connectivity index (χ0v) is 7.05. The van der Waals surface area contributed by atoms with Gasteiger partial charge in [-0.15, -0.1) is 12.6 Å². The molecule has 0 bridgehead atoms. The van der Waals surface area contributed by atoms with Gasteiger partial charge in [-0.3, -0.25) is 0 Å². The quantitative estimate of drug-likeness (QED) is 0.633. The van der Waals surface area contributed by atoms with Gasteiger partial charge in [-0.05, 0) is 12.1 Å². The van der Waals surface area contributed by atoms with Gasteiger partial charge in [0.15, 0.2) is 5.65 Å². The minimum atomic E-state index is 0.447. The summed E-state index contributed by atoms with van der Waals surface area (Å²) in [6.45, 7) is 0. The van der Waals surface area contributed by atoms with Crippen LogP contribution in [0.4, 0.5) is 0 Å². The van der Waals surface area contributed by atoms with Crippen molar-refractivity contribution >= 4 is 29.9 Å². The molecule has 0 unspecified atom stereocenters. The van der Waals surface area contributed by atoms with Crippen LogP contribution in [-0.4, -0.2) is 14.6 Å². The molecule has 3 nitrogen and oxygen atoms in total. The lowest BCUT2D eigenvalue weighted by atomic mass is 10.6. The first-order valence-electron chi connectivity index (χ1n) is 2.96. The first-order valence-corrected chi connectivity index (χ1v) is 3.79. The van der Waals surface area contributed by atoms with Gasteiger partial charge in [0.1, 0.15) is 10.2 Å². The van der Waals surface area contributed by atoms with Gasteiger partial charge in [0, 0.05) is 0 Å². The van der Waals surface area contributed by atoms with Crippen molar-refractivity contribution in [3.05, 3.63) is 23.5 Å². The Kier molecular flexibility index (Phi) is 1.51. The van der Waals surface area contributed by atoms with Crippen LogP contribution in [0.25, 0.3) is 5.65 Å². The Hall–Kier alpha value is -0.740. The van der Waals surface area contributed by atoms with E-state index in [1.807, 2.05) is 0 Å². The third-order valence-electron chi connectivity index (χ3n) is 1.27. The van der Waals surface area contributed by atoms with Crippen LogP contribution in [0.15, 0.2) is 23.4 Å². The Balaban J connectivity index is 2.82. The van der Waals surface area contributed by atoms with Crippen molar-refractivity contribution in [2.45, 2.75) is 5.03 Å². The number of hydrogen-bond acceptors (Lipinski definition) is 3. The summed E-state index contributed by atoms with van der Waals surface area (Å²) in [6, 6.07) is 3.48. The molecule has 2 heterocycles. The molecule has 0 aromatic carbocycles. The van der Waals surface area contributed by atoms with Crippen molar-refractivity contribution in [3.63, 3.8) is 0 Å². The predicted molar refractivity (Wildman–Crippen MR) is 45.2 cm³/mol. The average Bonchev–Trinajstić information content (AvgIpc) is 2.27. The molecule has 0 amide bonds. The molecule has 11 heavy (non-hydrogen) atoms. The monoisotopic (exact) mass is 185 g/mol. The first kappa shape index (κ1) is 6.94. The molecule has 0 saturated carbocycles. The predicted octanol–water partition coefficient (Wildman–Crippen LogP) is 1.67. The fraction of sp³-hybridized carbons (Fsp3) is 0. The summed E-state index contributed by atoms with van der Waals surface area (Å²) in [4.78, 5) is 4.06. The molecule has 2 rings (SSSR count). The van der Waals surface area contributed by atoms with E-state index in [0.717, 1.165) is 5.65 Å². The molecule has 0 radical (unpaired) electrons. The third kappa shape index (κ3) is 1.19. The van der Waals surface area contributed by atoms with E-state index in [0.29, 0.717) is 10.2 Å². The molecule has 0 N–H and O–H groups in total. The number of aromatic nitrogens is 3. The fourth-order valence-corrected chi connectivity index (χ4v) is 1.20. The number of imidazole rings is 1. The van der Waals surface area contributed by atoms with Crippen LogP contribution < -0.4 is 0 Å². The Bertz CT molecular complexity index is 398. The summed E-state index contributed by atoms with van der Waals surface area (Å²) in [7, 11) is 0. The zero-order chi connectivity index (χ0) is 7.84. The van der Waals surface area contributed by atoms with Gasteiger partial charge < -0.3 is 0 Å². The number of hydrogen-bond donors (Lipinski definition) is 1. The van der Waals surface area contributed by atoms with Crippen LogP contribution >= 0.6 is 24.2 Å². The lowest BCUT2D eigenvalue weighted by molar-refractivity contribution is 0.933. The zero-order valence-electron chi connectivity index (χ0n) is 5.40. The van der Waals surface area contributed by atoms with Crippen molar-refractivity contribution in [2.24, 2.45) is 0 Å². The number of fused-ring (bicyclic) bond motifs is 1. The maximum absolute atomic E-state index is 5.64. The molecule has 0 aliphatic rings. The lowest BCUT2D eigenvalue weighted by Crippen LogP contribution is -1.88. The molecule has 2 aromatic heterocycles. The minimum absolute atomic E-state index is 0.447. The van der Waals surface area contributed by atoms with E-state index in [-0.39, 0.29) is 0 Å². The Morgan fingerprint density at radius 2 is 2.27 bits per heavy atom. The van der Waals surface area contributed by atoms with Crippen LogP contribution in [-0.2, 0) is 0 Å². The number of rotatable bonds is 0. The SMILES string of the molecule is Sc1cn2nc(Cl)ccc2n1. The molecule has 56 valence electrons. The van der Waals surface area contributed by atoms with E-state index in [2.05, 4.69) is 22.7 Å². The van der Waals surface area contributed by atoms with Crippen molar-refractivity contribution < 1.29 is 0 Å². The molecule has 5 heteroatoms. The highest BCUT2D eigenvalue weighted by molar-refractivity contribution is 7.80. The van der Waals surface area contributed by atoms with Gasteiger partial charge in [-0.1, -0.05) is 11.6 Å². The molecular weight excluding hydrogens is 182 g/mol. The summed E-state index contributed by atoms with van der Waals surface area (Å²) < 4.78 is 1.59. The first-order chi connectivity index (χ1) is 5.25. The second-order valence-corrected chi connectivity index (χ2v) is 2.90. The number of nitrogens with zero attached hydrogens (tertiary/aromatic N) is 3. The lowest BCUT2D eigenvalue weighted by Gasteiger charge is -1.89. The van der Waals surface area contributed by atoms with Gasteiger partial charge in [-0.2, -0.15) is 5.10 Å². The molecule has 0 spiro atoms. The molecule has 0 saturated heterocycles. The second kappa shape index (κ2) is 2.39. The summed E-state index contributed by atoms with van der Waals surface area (Å²) in [6.07, 6.45) is 1.70. The number of halogens is 1. The van der Waals surface area contributed by atoms with Crippen LogP contribution in [0.1, 0.15) is 0 Å². The molecule has 0 aliphatic heterocycles. The smallest absolute Gasteiger partial charge is 0.154 e. The van der Waals surface area contributed by atoms with Gasteiger partial charge in [0.25, 0.3) is 0 Å². The van der Waals surface area contributed by atoms with Gasteiger partial charge in [0.2, 0.25) is 0 Å². The Morgan fingerprint density at radius 1 is 1.45 bits per heavy atom. The average molecular weight is 186 g/mol. The fourth-order valence-electron chi connectivity index (χ4n) is 0.846. The second-order valence-electron chi connectivity index (χ2n) is 2.06. The largest absolute Gasteiger partial charge is 0.221 e. The minimum Gasteiger partial charge on any atom is -0.221 e. The summed E-state index contributed by atoms with van der Waals surface area (Å²) in [5.41, 5.74) is 0.749. The van der Waals surface area contributed by atoms with Crippen LogP contribution in [0.5, 0.6) is 0 Å². The van der Waals surface area contributed by atoms with E-state index in [9.17, 15) is 0 Å². The van der Waals surface area contributed by atoms with E-state index in [1.165, 1.54) is 0 Å². The topological polar surface area (TPSA) is 30.2 Å². The number of thiol groups is 1. The highest BCUT2D eigenvalue weighted by Crippen LogP contribution is 2.09. The van der Waals surface area contributed by atoms with Crippen LogP contribution in [0.2, 0.25) is 5.15 Å². The molecule has 0 aliphatic carbocycles. The Morgan fingerprint density at radius 3 is 3.09 bits per heavy atom. The maximum Gasteiger partial charge on any atom is 0.154 e. The van der Waals surface area contributed by atoms with Gasteiger partial charge in [-0.25, -0.2) is 9.50 Å². The summed E-state index contributed by atoms with van der Waals surface area (Å²) in [5, 5.41) is 5.05.